The van der Waals surface area contributed by atoms with Crippen LogP contribution in [0.25, 0.3) is 32.9 Å². The number of hydrogen-bond acceptors (Lipinski definition) is 8. The van der Waals surface area contributed by atoms with E-state index in [9.17, 15) is 13.9 Å². The Morgan fingerprint density at radius 3 is 2.67 bits per heavy atom. The molecular formula is C35H35F3N6O2. The third-order valence-electron chi connectivity index (χ3n) is 9.39. The van der Waals surface area contributed by atoms with Gasteiger partial charge in [0.15, 0.2) is 11.6 Å². The van der Waals surface area contributed by atoms with Crippen LogP contribution in [0.4, 0.5) is 19.0 Å². The predicted molar refractivity (Wildman–Crippen MR) is 171 cm³/mol. The average molecular weight is 629 g/mol. The van der Waals surface area contributed by atoms with Gasteiger partial charge in [0, 0.05) is 55.3 Å². The van der Waals surface area contributed by atoms with Gasteiger partial charge in [-0.15, -0.1) is 6.42 Å². The molecule has 2 aliphatic heterocycles. The maximum Gasteiger partial charge on any atom is 0.319 e. The number of likely N-dealkylation sites (tertiary alicyclic amines) is 1. The number of nitrogens with zero attached hydrogens (tertiary/aromatic N) is 5. The van der Waals surface area contributed by atoms with Crippen molar-refractivity contribution in [3.8, 4) is 35.4 Å². The zero-order chi connectivity index (χ0) is 31.8. The number of ether oxygens (including phenoxy) is 1. The number of rotatable bonds is 7. The first-order valence-corrected chi connectivity index (χ1v) is 15.8. The van der Waals surface area contributed by atoms with Crippen LogP contribution in [0.15, 0.2) is 42.4 Å². The molecule has 0 amide bonds. The van der Waals surface area contributed by atoms with Gasteiger partial charge in [-0.2, -0.15) is 9.97 Å². The van der Waals surface area contributed by atoms with Gasteiger partial charge in [-0.3, -0.25) is 9.99 Å². The van der Waals surface area contributed by atoms with E-state index in [0.29, 0.717) is 29.7 Å². The molecular weight excluding hydrogens is 593 g/mol. The number of phenols is 1. The highest BCUT2D eigenvalue weighted by atomic mass is 19.1. The molecule has 11 heteroatoms. The largest absolute Gasteiger partial charge is 0.508 e. The van der Waals surface area contributed by atoms with Crippen molar-refractivity contribution in [2.75, 3.05) is 44.3 Å². The summed E-state index contributed by atoms with van der Waals surface area (Å²) in [6, 6.07) is 5.54. The minimum Gasteiger partial charge on any atom is -0.508 e. The van der Waals surface area contributed by atoms with Gasteiger partial charge >= 0.3 is 6.01 Å². The minimum atomic E-state index is -0.758. The standard InChI is InChI=1S/C35H35F3N6O2/c1-2-25-28(37)7-6-23-16-24(45)17-26(29(23)25)31-30(38)32-27(19-39-31)33(44-13-5-3-4-12-40-44)42-34(41-32)46-21-35(10-11-35)20-43-14-8-22(18-36)9-15-43/h1,6-7,16-19,40,45H,3-5,8-15,20-21H2. The number of halogens is 3. The second-order valence-electron chi connectivity index (χ2n) is 12.6. The number of hydrogen-bond donors (Lipinski definition) is 2. The van der Waals surface area contributed by atoms with E-state index >= 15 is 4.39 Å². The van der Waals surface area contributed by atoms with Crippen LogP contribution in [0.5, 0.6) is 11.8 Å². The number of aromatic nitrogens is 3. The molecule has 0 atom stereocenters. The third kappa shape index (κ3) is 5.83. The van der Waals surface area contributed by atoms with Crippen LogP contribution in [0.2, 0.25) is 0 Å². The van der Waals surface area contributed by atoms with E-state index in [0.717, 1.165) is 83.0 Å². The Morgan fingerprint density at radius 2 is 1.91 bits per heavy atom. The van der Waals surface area contributed by atoms with Crippen molar-refractivity contribution >= 4 is 27.5 Å². The topological polar surface area (TPSA) is 86.6 Å². The first kappa shape index (κ1) is 30.3. The van der Waals surface area contributed by atoms with E-state index in [-0.39, 0.29) is 44.9 Å². The Balaban J connectivity index is 1.28. The summed E-state index contributed by atoms with van der Waals surface area (Å²) in [6.07, 6.45) is 14.3. The number of pyridine rings is 1. The molecule has 238 valence electrons. The SMILES string of the molecule is C#Cc1c(F)ccc2cc(O)cc(-c3ncc4c(N5CCCCCN5)nc(OCC5(CN6CCC(=CF)CC6)CC5)nc4c3F)c12. The highest BCUT2D eigenvalue weighted by Gasteiger charge is 2.45. The van der Waals surface area contributed by atoms with Gasteiger partial charge < -0.3 is 14.7 Å². The minimum absolute atomic E-state index is 0.00221. The van der Waals surface area contributed by atoms with Crippen molar-refractivity contribution in [2.24, 2.45) is 5.41 Å². The molecule has 2 saturated heterocycles. The average Bonchev–Trinajstić information content (AvgIpc) is 3.88. The number of piperidine rings is 1. The zero-order valence-electron chi connectivity index (χ0n) is 25.5. The Labute approximate surface area is 265 Å². The molecule has 1 aliphatic carbocycles. The zero-order valence-corrected chi connectivity index (χ0v) is 25.5. The van der Waals surface area contributed by atoms with E-state index < -0.39 is 11.6 Å². The number of fused-ring (bicyclic) bond motifs is 2. The molecule has 3 aliphatic rings. The van der Waals surface area contributed by atoms with Gasteiger partial charge in [0.05, 0.1) is 23.9 Å². The summed E-state index contributed by atoms with van der Waals surface area (Å²) in [5.74, 6) is 1.30. The summed E-state index contributed by atoms with van der Waals surface area (Å²) in [6.45, 7) is 4.22. The van der Waals surface area contributed by atoms with E-state index in [1.807, 2.05) is 5.01 Å². The number of nitrogens with one attached hydrogen (secondary N) is 1. The van der Waals surface area contributed by atoms with Crippen molar-refractivity contribution in [2.45, 2.75) is 44.9 Å². The molecule has 2 aromatic heterocycles. The van der Waals surface area contributed by atoms with E-state index in [2.05, 4.69) is 26.2 Å². The van der Waals surface area contributed by atoms with Gasteiger partial charge in [-0.05, 0) is 67.7 Å². The van der Waals surface area contributed by atoms with Gasteiger partial charge in [-0.1, -0.05) is 18.4 Å². The van der Waals surface area contributed by atoms with Crippen LogP contribution in [-0.2, 0) is 0 Å². The number of benzene rings is 2. The van der Waals surface area contributed by atoms with Crippen molar-refractivity contribution in [1.82, 2.24) is 25.3 Å². The fourth-order valence-electron chi connectivity index (χ4n) is 6.60. The molecule has 4 aromatic rings. The lowest BCUT2D eigenvalue weighted by molar-refractivity contribution is 0.148. The summed E-state index contributed by atoms with van der Waals surface area (Å²) in [5.41, 5.74) is 4.16. The molecule has 4 heterocycles. The van der Waals surface area contributed by atoms with Crippen molar-refractivity contribution < 1.29 is 23.0 Å². The second-order valence-corrected chi connectivity index (χ2v) is 12.6. The molecule has 0 spiro atoms. The van der Waals surface area contributed by atoms with Crippen LogP contribution in [0, 0.1) is 29.4 Å². The lowest BCUT2D eigenvalue weighted by atomic mass is 9.96. The monoisotopic (exact) mass is 628 g/mol. The molecule has 2 aromatic carbocycles. The summed E-state index contributed by atoms with van der Waals surface area (Å²) in [5, 5.41) is 13.5. The van der Waals surface area contributed by atoms with Crippen molar-refractivity contribution in [3.05, 3.63) is 59.6 Å². The normalized spacial score (nSPS) is 18.4. The predicted octanol–water partition coefficient (Wildman–Crippen LogP) is 6.41. The molecule has 8 nitrogen and oxygen atoms in total. The highest BCUT2D eigenvalue weighted by molar-refractivity contribution is 6.03. The van der Waals surface area contributed by atoms with Gasteiger partial charge in [0.25, 0.3) is 0 Å². The van der Waals surface area contributed by atoms with E-state index in [1.54, 1.807) is 0 Å². The molecule has 7 rings (SSSR count). The molecule has 2 N–H and O–H groups in total. The quantitative estimate of drug-likeness (QED) is 0.227. The Kier molecular flexibility index (Phi) is 8.17. The van der Waals surface area contributed by atoms with Gasteiger partial charge in [0.1, 0.15) is 22.8 Å². The Hall–Kier alpha value is -4.40. The van der Waals surface area contributed by atoms with Crippen LogP contribution >= 0.6 is 0 Å². The lowest BCUT2D eigenvalue weighted by Gasteiger charge is -2.31. The molecule has 46 heavy (non-hydrogen) atoms. The van der Waals surface area contributed by atoms with Gasteiger partial charge in [-0.25, -0.2) is 18.6 Å². The summed E-state index contributed by atoms with van der Waals surface area (Å²) >= 11 is 0. The number of terminal acetylenes is 1. The number of aromatic hydroxyl groups is 1. The van der Waals surface area contributed by atoms with Crippen LogP contribution in [0.1, 0.15) is 50.5 Å². The fourth-order valence-corrected chi connectivity index (χ4v) is 6.60. The second kappa shape index (κ2) is 12.4. The van der Waals surface area contributed by atoms with Crippen LogP contribution < -0.4 is 15.2 Å². The van der Waals surface area contributed by atoms with Crippen LogP contribution in [0.3, 0.4) is 0 Å². The molecule has 3 fully saturated rings. The third-order valence-corrected chi connectivity index (χ3v) is 9.39. The first-order valence-electron chi connectivity index (χ1n) is 15.8. The first-order chi connectivity index (χ1) is 22.4. The van der Waals surface area contributed by atoms with E-state index in [4.69, 9.17) is 16.1 Å². The maximum absolute atomic E-state index is 16.7. The molecule has 0 unspecified atom stereocenters. The van der Waals surface area contributed by atoms with Crippen molar-refractivity contribution in [3.63, 3.8) is 0 Å². The smallest absolute Gasteiger partial charge is 0.319 e. The van der Waals surface area contributed by atoms with Crippen LogP contribution in [-0.4, -0.2) is 64.3 Å². The number of anilines is 1. The Bertz CT molecular complexity index is 1870. The summed E-state index contributed by atoms with van der Waals surface area (Å²) in [7, 11) is 0. The summed E-state index contributed by atoms with van der Waals surface area (Å²) in [4.78, 5) is 16.1. The Morgan fingerprint density at radius 1 is 1.09 bits per heavy atom. The molecule has 1 saturated carbocycles. The fraction of sp³-hybridized carbons (Fsp3) is 0.400. The van der Waals surface area contributed by atoms with Gasteiger partial charge in [0.2, 0.25) is 0 Å². The summed E-state index contributed by atoms with van der Waals surface area (Å²) < 4.78 is 50.7. The van der Waals surface area contributed by atoms with Crippen molar-refractivity contribution in [1.29, 1.82) is 0 Å². The number of phenolic OH excluding ortho intramolecular Hbond substituents is 1. The molecule has 0 radical (unpaired) electrons. The van der Waals surface area contributed by atoms with E-state index in [1.165, 1.54) is 30.5 Å². The lowest BCUT2D eigenvalue weighted by Crippen LogP contribution is -2.39. The maximum atomic E-state index is 16.7. The highest BCUT2D eigenvalue weighted by Crippen LogP contribution is 2.47. The number of hydrazine groups is 1. The molecule has 0 bridgehead atoms.